The van der Waals surface area contributed by atoms with Gasteiger partial charge in [0.1, 0.15) is 16.3 Å². The monoisotopic (exact) mass is 530 g/mol. The molecule has 1 saturated carbocycles. The van der Waals surface area contributed by atoms with E-state index in [1.807, 2.05) is 31.7 Å². The maximum absolute atomic E-state index is 13.3. The first-order chi connectivity index (χ1) is 17.6. The molecular weight excluding hydrogens is 495 g/mol. The second-order valence-corrected chi connectivity index (χ2v) is 11.7. The van der Waals surface area contributed by atoms with Crippen LogP contribution in [0.1, 0.15) is 78.6 Å². The van der Waals surface area contributed by atoms with Gasteiger partial charge in [-0.05, 0) is 76.3 Å². The number of nitrogens with zero attached hydrogens (tertiary/aromatic N) is 2. The van der Waals surface area contributed by atoms with Crippen LogP contribution in [0.5, 0.6) is 0 Å². The molecule has 2 unspecified atom stereocenters. The van der Waals surface area contributed by atoms with Gasteiger partial charge in [-0.25, -0.2) is 14.0 Å². The van der Waals surface area contributed by atoms with E-state index in [4.69, 9.17) is 9.47 Å². The Morgan fingerprint density at radius 3 is 2.59 bits per heavy atom. The van der Waals surface area contributed by atoms with E-state index in [0.29, 0.717) is 44.0 Å². The Morgan fingerprint density at radius 2 is 1.92 bits per heavy atom. The van der Waals surface area contributed by atoms with Gasteiger partial charge >= 0.3 is 12.1 Å². The number of benzene rings is 1. The molecule has 2 aliphatic rings. The first-order valence-corrected chi connectivity index (χ1v) is 13.7. The molecule has 2 atom stereocenters. The average molecular weight is 531 g/mol. The third kappa shape index (κ3) is 6.89. The molecule has 9 heteroatoms. The Bertz CT molecular complexity index is 1140. The molecule has 1 aliphatic heterocycles. The minimum Gasteiger partial charge on any atom is -0.462 e. The van der Waals surface area contributed by atoms with E-state index >= 15 is 0 Å². The Hall–Kier alpha value is -2.94. The van der Waals surface area contributed by atoms with Crippen molar-refractivity contribution in [1.82, 2.24) is 9.80 Å². The summed E-state index contributed by atoms with van der Waals surface area (Å²) < 4.78 is 24.1. The van der Waals surface area contributed by atoms with Crippen LogP contribution in [-0.2, 0) is 27.2 Å². The minimum absolute atomic E-state index is 0.0277. The standard InChI is InChI=1S/C28H35FN2O5S/c1-5-35-26(33)24-15-19-17-30(14-12-23(19)37-24)25(32)7-6-13-31(27(34)36-28(2,3)4)22-16-21(22)18-8-10-20(29)11-9-18/h8-11,15,21-22H,5-7,12-14,16-17H2,1-4H3. The molecule has 2 amide bonds. The summed E-state index contributed by atoms with van der Waals surface area (Å²) in [6.07, 6.45) is 1.95. The normalized spacial score (nSPS) is 18.7. The zero-order valence-corrected chi connectivity index (χ0v) is 22.7. The van der Waals surface area contributed by atoms with E-state index in [9.17, 15) is 18.8 Å². The Labute approximate surface area is 221 Å². The van der Waals surface area contributed by atoms with E-state index in [-0.39, 0.29) is 35.7 Å². The maximum atomic E-state index is 13.3. The van der Waals surface area contributed by atoms with Crippen LogP contribution in [0.2, 0.25) is 0 Å². The summed E-state index contributed by atoms with van der Waals surface area (Å²) in [4.78, 5) is 43.3. The van der Waals surface area contributed by atoms with E-state index in [0.717, 1.165) is 28.8 Å². The van der Waals surface area contributed by atoms with Crippen LogP contribution >= 0.6 is 11.3 Å². The summed E-state index contributed by atoms with van der Waals surface area (Å²) in [5, 5.41) is 0. The fourth-order valence-corrected chi connectivity index (χ4v) is 5.77. The predicted molar refractivity (Wildman–Crippen MR) is 139 cm³/mol. The van der Waals surface area contributed by atoms with Gasteiger partial charge in [-0.15, -0.1) is 11.3 Å². The first-order valence-electron chi connectivity index (χ1n) is 12.9. The van der Waals surface area contributed by atoms with Crippen molar-refractivity contribution >= 4 is 29.3 Å². The number of hydrogen-bond acceptors (Lipinski definition) is 6. The van der Waals surface area contributed by atoms with Gasteiger partial charge in [0.2, 0.25) is 5.91 Å². The third-order valence-electron chi connectivity index (χ3n) is 6.57. The topological polar surface area (TPSA) is 76.2 Å². The van der Waals surface area contributed by atoms with Gasteiger partial charge < -0.3 is 19.3 Å². The van der Waals surface area contributed by atoms with Crippen molar-refractivity contribution in [3.05, 3.63) is 57.0 Å². The lowest BCUT2D eigenvalue weighted by molar-refractivity contribution is -0.132. The molecule has 37 heavy (non-hydrogen) atoms. The van der Waals surface area contributed by atoms with Crippen LogP contribution in [0, 0.1) is 5.82 Å². The Morgan fingerprint density at radius 1 is 1.19 bits per heavy atom. The number of carbonyl (C=O) groups excluding carboxylic acids is 3. The minimum atomic E-state index is -0.625. The van der Waals surface area contributed by atoms with Crippen LogP contribution in [0.3, 0.4) is 0 Å². The van der Waals surface area contributed by atoms with Crippen molar-refractivity contribution in [3.63, 3.8) is 0 Å². The van der Waals surface area contributed by atoms with Gasteiger partial charge in [-0.3, -0.25) is 4.79 Å². The summed E-state index contributed by atoms with van der Waals surface area (Å²) in [7, 11) is 0. The lowest BCUT2D eigenvalue weighted by Gasteiger charge is -2.29. The SMILES string of the molecule is CCOC(=O)c1cc2c(s1)CCN(C(=O)CCCN(C(=O)OC(C)(C)C)C1CC1c1ccc(F)cc1)C2. The lowest BCUT2D eigenvalue weighted by Crippen LogP contribution is -2.40. The average Bonchev–Trinajstić information content (AvgIpc) is 3.49. The van der Waals surface area contributed by atoms with Gasteiger partial charge in [-0.2, -0.15) is 0 Å². The van der Waals surface area contributed by atoms with Crippen molar-refractivity contribution < 1.29 is 28.2 Å². The highest BCUT2D eigenvalue weighted by Gasteiger charge is 2.45. The second-order valence-electron chi connectivity index (χ2n) is 10.6. The molecule has 0 saturated heterocycles. The molecule has 200 valence electrons. The Kier molecular flexibility index (Phi) is 8.21. The van der Waals surface area contributed by atoms with Crippen LogP contribution < -0.4 is 0 Å². The molecule has 2 aromatic rings. The van der Waals surface area contributed by atoms with Crippen LogP contribution in [0.25, 0.3) is 0 Å². The number of hydrogen-bond donors (Lipinski definition) is 0. The molecular formula is C28H35FN2O5S. The molecule has 1 aliphatic carbocycles. The molecule has 1 aromatic carbocycles. The number of ether oxygens (including phenoxy) is 2. The molecule has 2 heterocycles. The summed E-state index contributed by atoms with van der Waals surface area (Å²) in [5.74, 6) is -0.435. The number of rotatable bonds is 8. The van der Waals surface area contributed by atoms with Gasteiger partial charge in [0.05, 0.1) is 6.61 Å². The van der Waals surface area contributed by atoms with Crippen LogP contribution in [0.15, 0.2) is 30.3 Å². The molecule has 0 bridgehead atoms. The molecule has 0 radical (unpaired) electrons. The van der Waals surface area contributed by atoms with Crippen LogP contribution in [-0.4, -0.2) is 59.1 Å². The van der Waals surface area contributed by atoms with Crippen molar-refractivity contribution in [1.29, 1.82) is 0 Å². The van der Waals surface area contributed by atoms with E-state index in [2.05, 4.69) is 0 Å². The highest BCUT2D eigenvalue weighted by atomic mass is 32.1. The van der Waals surface area contributed by atoms with E-state index < -0.39 is 5.60 Å². The smallest absolute Gasteiger partial charge is 0.410 e. The molecule has 1 fully saturated rings. The predicted octanol–water partition coefficient (Wildman–Crippen LogP) is 5.52. The third-order valence-corrected chi connectivity index (χ3v) is 7.79. The number of esters is 1. The fourth-order valence-electron chi connectivity index (χ4n) is 4.71. The van der Waals surface area contributed by atoms with Crippen LogP contribution in [0.4, 0.5) is 9.18 Å². The number of fused-ring (bicyclic) bond motifs is 1. The number of thiophene rings is 1. The van der Waals surface area contributed by atoms with Gasteiger partial charge in [0.25, 0.3) is 0 Å². The van der Waals surface area contributed by atoms with Gasteiger partial charge in [-0.1, -0.05) is 12.1 Å². The molecule has 7 nitrogen and oxygen atoms in total. The van der Waals surface area contributed by atoms with Crippen molar-refractivity contribution in [3.8, 4) is 0 Å². The van der Waals surface area contributed by atoms with Crippen molar-refractivity contribution in [2.75, 3.05) is 19.7 Å². The number of halogens is 1. The summed E-state index contributed by atoms with van der Waals surface area (Å²) in [6.45, 7) is 9.11. The molecule has 4 rings (SSSR count). The summed E-state index contributed by atoms with van der Waals surface area (Å²) >= 11 is 1.44. The van der Waals surface area contributed by atoms with Crippen molar-refractivity contribution in [2.24, 2.45) is 0 Å². The van der Waals surface area contributed by atoms with Crippen molar-refractivity contribution in [2.45, 2.75) is 77.5 Å². The molecule has 0 N–H and O–H groups in total. The molecule has 0 spiro atoms. The fraction of sp³-hybridized carbons (Fsp3) is 0.536. The second kappa shape index (κ2) is 11.2. The Balaban J connectivity index is 1.34. The number of carbonyl (C=O) groups is 3. The first kappa shape index (κ1) is 27.1. The summed E-state index contributed by atoms with van der Waals surface area (Å²) in [6, 6.07) is 8.21. The zero-order chi connectivity index (χ0) is 26.7. The van der Waals surface area contributed by atoms with Gasteiger partial charge in [0.15, 0.2) is 0 Å². The van der Waals surface area contributed by atoms with E-state index in [1.165, 1.54) is 23.5 Å². The highest BCUT2D eigenvalue weighted by Crippen LogP contribution is 2.45. The van der Waals surface area contributed by atoms with E-state index in [1.54, 1.807) is 24.0 Å². The quantitative estimate of drug-likeness (QED) is 0.420. The van der Waals surface area contributed by atoms with Gasteiger partial charge in [0, 0.05) is 42.9 Å². The zero-order valence-electron chi connectivity index (χ0n) is 21.9. The number of amides is 2. The largest absolute Gasteiger partial charge is 0.462 e. The lowest BCUT2D eigenvalue weighted by atomic mass is 10.1. The maximum Gasteiger partial charge on any atom is 0.410 e. The molecule has 1 aromatic heterocycles. The highest BCUT2D eigenvalue weighted by molar-refractivity contribution is 7.14. The summed E-state index contributed by atoms with van der Waals surface area (Å²) in [5.41, 5.74) is 1.38.